The van der Waals surface area contributed by atoms with Gasteiger partial charge in [-0.25, -0.2) is 0 Å². The molecule has 1 aromatic rings. The standard InChI is InChI=1S/C15H23NOS/c1-12(13-5-7-14(17-3)8-6-13)16-11-15(2)9-4-10-18-15/h5-8,12,16H,4,9-11H2,1-3H3. The van der Waals surface area contributed by atoms with Crippen LogP contribution in [0, 0.1) is 0 Å². The molecule has 2 rings (SSSR count). The maximum Gasteiger partial charge on any atom is 0.118 e. The van der Waals surface area contributed by atoms with Crippen molar-refractivity contribution in [2.45, 2.75) is 37.5 Å². The van der Waals surface area contributed by atoms with Gasteiger partial charge in [0.2, 0.25) is 0 Å². The van der Waals surface area contributed by atoms with Crippen molar-refractivity contribution in [3.8, 4) is 5.75 Å². The van der Waals surface area contributed by atoms with Crippen LogP contribution in [0.2, 0.25) is 0 Å². The summed E-state index contributed by atoms with van der Waals surface area (Å²) in [4.78, 5) is 0. The van der Waals surface area contributed by atoms with Crippen molar-refractivity contribution in [2.75, 3.05) is 19.4 Å². The lowest BCUT2D eigenvalue weighted by molar-refractivity contribution is 0.414. The minimum Gasteiger partial charge on any atom is -0.497 e. The van der Waals surface area contributed by atoms with Gasteiger partial charge in [0.25, 0.3) is 0 Å². The van der Waals surface area contributed by atoms with Crippen molar-refractivity contribution in [2.24, 2.45) is 0 Å². The first kappa shape index (κ1) is 13.8. The summed E-state index contributed by atoms with van der Waals surface area (Å²) >= 11 is 2.11. The van der Waals surface area contributed by atoms with Gasteiger partial charge in [-0.3, -0.25) is 0 Å². The molecule has 1 saturated heterocycles. The van der Waals surface area contributed by atoms with Crippen molar-refractivity contribution in [1.82, 2.24) is 5.32 Å². The largest absolute Gasteiger partial charge is 0.497 e. The topological polar surface area (TPSA) is 21.3 Å². The summed E-state index contributed by atoms with van der Waals surface area (Å²) in [5, 5.41) is 3.66. The van der Waals surface area contributed by atoms with E-state index in [1.54, 1.807) is 7.11 Å². The molecule has 1 aliphatic heterocycles. The van der Waals surface area contributed by atoms with Crippen LogP contribution < -0.4 is 10.1 Å². The van der Waals surface area contributed by atoms with Crippen molar-refractivity contribution in [1.29, 1.82) is 0 Å². The summed E-state index contributed by atoms with van der Waals surface area (Å²) in [6, 6.07) is 8.73. The number of nitrogens with one attached hydrogen (secondary N) is 1. The molecule has 3 heteroatoms. The van der Waals surface area contributed by atoms with Gasteiger partial charge in [0.15, 0.2) is 0 Å². The third-order valence-electron chi connectivity index (χ3n) is 3.70. The fourth-order valence-corrected chi connectivity index (χ4v) is 3.61. The lowest BCUT2D eigenvalue weighted by atomic mass is 10.0. The second-order valence-corrected chi connectivity index (χ2v) is 6.96. The predicted molar refractivity (Wildman–Crippen MR) is 79.5 cm³/mol. The van der Waals surface area contributed by atoms with Gasteiger partial charge in [-0.2, -0.15) is 11.8 Å². The highest BCUT2D eigenvalue weighted by Gasteiger charge is 2.29. The summed E-state index contributed by atoms with van der Waals surface area (Å²) < 4.78 is 5.61. The lowest BCUT2D eigenvalue weighted by Crippen LogP contribution is -2.34. The zero-order valence-electron chi connectivity index (χ0n) is 11.5. The van der Waals surface area contributed by atoms with Gasteiger partial charge in [0.1, 0.15) is 5.75 Å². The Morgan fingerprint density at radius 2 is 2.11 bits per heavy atom. The molecule has 1 aliphatic rings. The van der Waals surface area contributed by atoms with Gasteiger partial charge >= 0.3 is 0 Å². The molecule has 18 heavy (non-hydrogen) atoms. The molecule has 1 fully saturated rings. The van der Waals surface area contributed by atoms with Gasteiger partial charge in [0.05, 0.1) is 7.11 Å². The number of benzene rings is 1. The fraction of sp³-hybridized carbons (Fsp3) is 0.600. The summed E-state index contributed by atoms with van der Waals surface area (Å²) in [6.07, 6.45) is 2.69. The molecular weight excluding hydrogens is 242 g/mol. The van der Waals surface area contributed by atoms with E-state index in [2.05, 4.69) is 43.1 Å². The Kier molecular flexibility index (Phi) is 4.57. The van der Waals surface area contributed by atoms with E-state index in [1.165, 1.54) is 24.2 Å². The molecule has 0 saturated carbocycles. The van der Waals surface area contributed by atoms with Crippen molar-refractivity contribution < 1.29 is 4.74 Å². The van der Waals surface area contributed by atoms with E-state index < -0.39 is 0 Å². The third kappa shape index (κ3) is 3.42. The van der Waals surface area contributed by atoms with Crippen LogP contribution in [0.25, 0.3) is 0 Å². The normalized spacial score (nSPS) is 25.1. The molecule has 2 unspecified atom stereocenters. The maximum absolute atomic E-state index is 5.18. The second kappa shape index (κ2) is 5.98. The summed E-state index contributed by atoms with van der Waals surface area (Å²) in [7, 11) is 1.70. The van der Waals surface area contributed by atoms with Crippen LogP contribution in [0.15, 0.2) is 24.3 Å². The van der Waals surface area contributed by atoms with Crippen LogP contribution >= 0.6 is 11.8 Å². The van der Waals surface area contributed by atoms with E-state index in [-0.39, 0.29) is 0 Å². The van der Waals surface area contributed by atoms with E-state index >= 15 is 0 Å². The average Bonchev–Trinajstić information content (AvgIpc) is 2.83. The summed E-state index contributed by atoms with van der Waals surface area (Å²) in [5.41, 5.74) is 1.32. The van der Waals surface area contributed by atoms with Crippen molar-refractivity contribution in [3.05, 3.63) is 29.8 Å². The molecule has 0 aliphatic carbocycles. The molecule has 0 spiro atoms. The molecule has 1 N–H and O–H groups in total. The number of methoxy groups -OCH3 is 1. The Hall–Kier alpha value is -0.670. The molecule has 0 amide bonds. The van der Waals surface area contributed by atoms with Crippen LogP contribution in [-0.2, 0) is 0 Å². The Balaban J connectivity index is 1.88. The highest BCUT2D eigenvalue weighted by Crippen LogP contribution is 2.37. The molecule has 0 aromatic heterocycles. The SMILES string of the molecule is COc1ccc(C(C)NCC2(C)CCCS2)cc1. The molecule has 1 heterocycles. The molecule has 2 atom stereocenters. The summed E-state index contributed by atoms with van der Waals surface area (Å²) in [6.45, 7) is 5.69. The molecule has 100 valence electrons. The van der Waals surface area contributed by atoms with E-state index in [0.717, 1.165) is 12.3 Å². The molecule has 1 aromatic carbocycles. The van der Waals surface area contributed by atoms with Gasteiger partial charge < -0.3 is 10.1 Å². The Bertz CT molecular complexity index is 371. The van der Waals surface area contributed by atoms with Crippen LogP contribution in [0.5, 0.6) is 5.75 Å². The lowest BCUT2D eigenvalue weighted by Gasteiger charge is -2.26. The molecule has 0 radical (unpaired) electrons. The Labute approximate surface area is 114 Å². The van der Waals surface area contributed by atoms with Gasteiger partial charge in [-0.05, 0) is 50.1 Å². The number of thioether (sulfide) groups is 1. The van der Waals surface area contributed by atoms with Crippen LogP contribution in [0.4, 0.5) is 0 Å². The quantitative estimate of drug-likeness (QED) is 0.878. The maximum atomic E-state index is 5.18. The number of rotatable bonds is 5. The van der Waals surface area contributed by atoms with Gasteiger partial charge in [0, 0.05) is 17.3 Å². The van der Waals surface area contributed by atoms with Crippen molar-refractivity contribution in [3.63, 3.8) is 0 Å². The zero-order chi connectivity index (χ0) is 13.0. The first-order chi connectivity index (χ1) is 8.63. The van der Waals surface area contributed by atoms with E-state index in [4.69, 9.17) is 4.74 Å². The Morgan fingerprint density at radius 3 is 2.67 bits per heavy atom. The van der Waals surface area contributed by atoms with E-state index in [0.29, 0.717) is 10.8 Å². The van der Waals surface area contributed by atoms with E-state index in [1.807, 2.05) is 12.1 Å². The Morgan fingerprint density at radius 1 is 1.39 bits per heavy atom. The first-order valence-electron chi connectivity index (χ1n) is 6.64. The van der Waals surface area contributed by atoms with Gasteiger partial charge in [-0.1, -0.05) is 12.1 Å². The molecular formula is C15H23NOS. The molecule has 2 nitrogen and oxygen atoms in total. The van der Waals surface area contributed by atoms with Crippen LogP contribution in [0.1, 0.15) is 38.3 Å². The number of hydrogen-bond acceptors (Lipinski definition) is 3. The molecule has 0 bridgehead atoms. The second-order valence-electron chi connectivity index (χ2n) is 5.28. The minimum atomic E-state index is 0.397. The average molecular weight is 265 g/mol. The number of hydrogen-bond donors (Lipinski definition) is 1. The van der Waals surface area contributed by atoms with Gasteiger partial charge in [-0.15, -0.1) is 0 Å². The van der Waals surface area contributed by atoms with E-state index in [9.17, 15) is 0 Å². The predicted octanol–water partition coefficient (Wildman–Crippen LogP) is 3.63. The minimum absolute atomic E-state index is 0.397. The highest BCUT2D eigenvalue weighted by atomic mass is 32.2. The highest BCUT2D eigenvalue weighted by molar-refractivity contribution is 8.00. The van der Waals surface area contributed by atoms with Crippen LogP contribution in [-0.4, -0.2) is 24.2 Å². The third-order valence-corrected chi connectivity index (χ3v) is 5.24. The zero-order valence-corrected chi connectivity index (χ0v) is 12.3. The first-order valence-corrected chi connectivity index (χ1v) is 7.63. The summed E-state index contributed by atoms with van der Waals surface area (Å²) in [5.74, 6) is 2.24. The fourth-order valence-electron chi connectivity index (χ4n) is 2.36. The number of ether oxygens (including phenoxy) is 1. The van der Waals surface area contributed by atoms with Crippen molar-refractivity contribution >= 4 is 11.8 Å². The smallest absolute Gasteiger partial charge is 0.118 e. The van der Waals surface area contributed by atoms with Crippen LogP contribution in [0.3, 0.4) is 0 Å². The monoisotopic (exact) mass is 265 g/mol.